The number of aryl methyl sites for hydroxylation is 1. The summed E-state index contributed by atoms with van der Waals surface area (Å²) >= 11 is 5.90. The number of imidazole rings is 1. The maximum Gasteiger partial charge on any atom is 0.214 e. The Morgan fingerprint density at radius 2 is 1.98 bits per heavy atom. The number of carbonyl (C=O) groups is 1. The van der Waals surface area contributed by atoms with Crippen LogP contribution in [0.25, 0.3) is 16.6 Å². The number of aromatic nitrogens is 4. The number of benzene rings is 1. The minimum absolute atomic E-state index is 0.315. The van der Waals surface area contributed by atoms with Gasteiger partial charge in [-0.1, -0.05) is 29.8 Å². The van der Waals surface area contributed by atoms with E-state index in [1.807, 2.05) is 56.5 Å². The number of halogens is 1. The van der Waals surface area contributed by atoms with Crippen molar-refractivity contribution in [3.63, 3.8) is 0 Å². The van der Waals surface area contributed by atoms with Gasteiger partial charge in [-0.25, -0.2) is 9.97 Å². The van der Waals surface area contributed by atoms with E-state index in [1.54, 1.807) is 6.20 Å². The van der Waals surface area contributed by atoms with Gasteiger partial charge in [0.1, 0.15) is 18.7 Å². The molecule has 0 spiro atoms. The molecule has 1 atom stereocenters. The molecule has 3 aromatic heterocycles. The van der Waals surface area contributed by atoms with Gasteiger partial charge in [0.15, 0.2) is 0 Å². The Morgan fingerprint density at radius 3 is 2.68 bits per heavy atom. The number of fused-ring (bicyclic) bond motifs is 2. The van der Waals surface area contributed by atoms with E-state index in [0.29, 0.717) is 23.4 Å². The highest BCUT2D eigenvalue weighted by Gasteiger charge is 2.26. The monoisotopic (exact) mass is 694 g/mol. The standard InChI is InChI=1S/C26H27ClN6O.C9H10N2O.C3H6O/c1-28-20-8-9-24-23(14-20)30-25(32(24)2)16-33-12-10-18(11-13-33)22-4-3-5-26(31-22)34-17-21-7-6-19(27)15-29-21;1-6-8-4-7(5-12)2-3-9(8)11-10-6;1-2-4-3-1/h3-10,14-15,28H,11-13,16-17H2,1-2H3;2-3,5,8,11H,4H2,1H3;1-3H2. The molecule has 3 aliphatic heterocycles. The molecule has 11 nitrogen and oxygen atoms in total. The molecule has 1 saturated heterocycles. The number of pyridine rings is 2. The van der Waals surface area contributed by atoms with Crippen LogP contribution in [-0.2, 0) is 29.7 Å². The van der Waals surface area contributed by atoms with Gasteiger partial charge >= 0.3 is 0 Å². The van der Waals surface area contributed by atoms with Gasteiger partial charge in [0.2, 0.25) is 5.88 Å². The maximum absolute atomic E-state index is 10.5. The predicted molar refractivity (Wildman–Crippen MR) is 198 cm³/mol. The third-order valence-corrected chi connectivity index (χ3v) is 9.24. The number of aldehydes is 1. The fourth-order valence-corrected chi connectivity index (χ4v) is 5.94. The van der Waals surface area contributed by atoms with Crippen LogP contribution in [0, 0.1) is 5.92 Å². The molecule has 1 fully saturated rings. The van der Waals surface area contributed by atoms with E-state index in [-0.39, 0.29) is 0 Å². The lowest BCUT2D eigenvalue weighted by molar-refractivity contribution is -0.105. The van der Waals surface area contributed by atoms with Crippen molar-refractivity contribution in [1.82, 2.24) is 29.8 Å². The summed E-state index contributed by atoms with van der Waals surface area (Å²) in [6.07, 6.45) is 11.6. The van der Waals surface area contributed by atoms with Gasteiger partial charge in [0.25, 0.3) is 0 Å². The van der Waals surface area contributed by atoms with E-state index >= 15 is 0 Å². The highest BCUT2D eigenvalue weighted by Crippen LogP contribution is 2.28. The van der Waals surface area contributed by atoms with Crippen LogP contribution in [0.5, 0.6) is 5.88 Å². The molecule has 1 aliphatic carbocycles. The molecule has 8 rings (SSSR count). The molecule has 1 aromatic carbocycles. The molecule has 0 amide bonds. The number of carbonyl (C=O) groups excluding carboxylic acids is 1. The summed E-state index contributed by atoms with van der Waals surface area (Å²) < 4.78 is 12.8. The van der Waals surface area contributed by atoms with Crippen molar-refractivity contribution < 1.29 is 14.3 Å². The lowest BCUT2D eigenvalue weighted by Crippen LogP contribution is -2.29. The Morgan fingerprint density at radius 1 is 1.14 bits per heavy atom. The fourth-order valence-electron chi connectivity index (χ4n) is 5.82. The number of nitrogens with one attached hydrogen (secondary N) is 2. The van der Waals surface area contributed by atoms with Crippen LogP contribution in [0.3, 0.4) is 0 Å². The van der Waals surface area contributed by atoms with Crippen LogP contribution in [-0.4, -0.2) is 69.8 Å². The minimum Gasteiger partial charge on any atom is -0.471 e. The first kappa shape index (κ1) is 35.0. The minimum atomic E-state index is 0.315. The zero-order valence-corrected chi connectivity index (χ0v) is 29.5. The Kier molecular flexibility index (Phi) is 11.7. The molecule has 12 heteroatoms. The predicted octanol–water partition coefficient (Wildman–Crippen LogP) is 6.33. The smallest absolute Gasteiger partial charge is 0.214 e. The van der Waals surface area contributed by atoms with Crippen LogP contribution in [0.15, 0.2) is 89.3 Å². The molecular formula is C38H43ClN8O3. The normalized spacial score (nSPS) is 18.0. The second-order valence-electron chi connectivity index (χ2n) is 12.4. The first-order chi connectivity index (χ1) is 24.4. The van der Waals surface area contributed by atoms with Crippen molar-refractivity contribution in [1.29, 1.82) is 0 Å². The van der Waals surface area contributed by atoms with Gasteiger partial charge in [-0.05, 0) is 79.8 Å². The van der Waals surface area contributed by atoms with Crippen molar-refractivity contribution in [2.24, 2.45) is 18.1 Å². The van der Waals surface area contributed by atoms with Crippen LogP contribution in [0.2, 0.25) is 5.02 Å². The summed E-state index contributed by atoms with van der Waals surface area (Å²) in [6.45, 7) is 6.97. The Hall–Kier alpha value is -4.84. The first-order valence-electron chi connectivity index (χ1n) is 16.9. The van der Waals surface area contributed by atoms with Gasteiger partial charge in [-0.15, -0.1) is 0 Å². The summed E-state index contributed by atoms with van der Waals surface area (Å²) in [5.74, 6) is 1.98. The van der Waals surface area contributed by atoms with Gasteiger partial charge in [0, 0.05) is 75.7 Å². The molecule has 0 saturated carbocycles. The van der Waals surface area contributed by atoms with Gasteiger partial charge in [-0.3, -0.25) is 20.1 Å². The largest absolute Gasteiger partial charge is 0.471 e. The van der Waals surface area contributed by atoms with Gasteiger partial charge < -0.3 is 19.4 Å². The second kappa shape index (κ2) is 16.7. The zero-order chi connectivity index (χ0) is 34.9. The molecule has 0 radical (unpaired) electrons. The van der Waals surface area contributed by atoms with E-state index in [0.717, 1.165) is 103 Å². The van der Waals surface area contributed by atoms with Gasteiger partial charge in [-0.2, -0.15) is 5.10 Å². The van der Waals surface area contributed by atoms with E-state index in [2.05, 4.69) is 61.6 Å². The third-order valence-electron chi connectivity index (χ3n) is 9.02. The quantitative estimate of drug-likeness (QED) is 0.204. The van der Waals surface area contributed by atoms with Gasteiger partial charge in [0.05, 0.1) is 34.0 Å². The van der Waals surface area contributed by atoms with E-state index in [4.69, 9.17) is 31.0 Å². The SMILES string of the molecule is C1COC1.CC1=NNC2=CC=C(C=O)CC21.CNc1ccc2c(c1)nc(CN1CC=C(c3cccc(OCc4ccc(Cl)cn4)n3)CC1)n2C. The van der Waals surface area contributed by atoms with Crippen molar-refractivity contribution in [3.8, 4) is 5.88 Å². The topological polar surface area (TPSA) is 119 Å². The second-order valence-corrected chi connectivity index (χ2v) is 12.9. The molecule has 50 heavy (non-hydrogen) atoms. The number of rotatable bonds is 8. The molecule has 2 N–H and O–H groups in total. The van der Waals surface area contributed by atoms with Crippen molar-refractivity contribution in [2.75, 3.05) is 38.7 Å². The molecule has 4 aromatic rings. The molecular weight excluding hydrogens is 652 g/mol. The van der Waals surface area contributed by atoms with Crippen LogP contribution < -0.4 is 15.5 Å². The summed E-state index contributed by atoms with van der Waals surface area (Å²) in [7, 11) is 4.01. The number of allylic oxidation sites excluding steroid dienone is 4. The maximum atomic E-state index is 10.5. The van der Waals surface area contributed by atoms with Crippen LogP contribution in [0.1, 0.15) is 43.4 Å². The molecule has 6 heterocycles. The fraction of sp³-hybridized carbons (Fsp3) is 0.342. The number of ether oxygens (including phenoxy) is 2. The summed E-state index contributed by atoms with van der Waals surface area (Å²) in [5, 5.41) is 7.89. The highest BCUT2D eigenvalue weighted by molar-refractivity contribution is 6.30. The number of hydrogen-bond donors (Lipinski definition) is 2. The molecule has 4 aliphatic rings. The molecule has 1 unspecified atom stereocenters. The van der Waals surface area contributed by atoms with Crippen molar-refractivity contribution in [3.05, 3.63) is 106 Å². The van der Waals surface area contributed by atoms with Crippen LogP contribution >= 0.6 is 11.6 Å². The van der Waals surface area contributed by atoms with Crippen LogP contribution in [0.4, 0.5) is 5.69 Å². The Labute approximate surface area is 297 Å². The van der Waals surface area contributed by atoms with Crippen molar-refractivity contribution >= 4 is 45.9 Å². The number of hydrazone groups is 1. The lowest BCUT2D eigenvalue weighted by Gasteiger charge is -2.25. The average Bonchev–Trinajstić information content (AvgIpc) is 3.65. The number of anilines is 1. The Balaban J connectivity index is 0.000000220. The summed E-state index contributed by atoms with van der Waals surface area (Å²) in [5.41, 5.74) is 12.2. The first-order valence-corrected chi connectivity index (χ1v) is 17.3. The molecule has 260 valence electrons. The Bertz CT molecular complexity index is 1920. The van der Waals surface area contributed by atoms with E-state index in [1.165, 1.54) is 12.0 Å². The lowest BCUT2D eigenvalue weighted by atomic mass is 9.90. The van der Waals surface area contributed by atoms with E-state index in [9.17, 15) is 4.79 Å². The highest BCUT2D eigenvalue weighted by atomic mass is 35.5. The summed E-state index contributed by atoms with van der Waals surface area (Å²) in [4.78, 5) is 26.8. The zero-order valence-electron chi connectivity index (χ0n) is 28.7. The molecule has 0 bridgehead atoms. The summed E-state index contributed by atoms with van der Waals surface area (Å²) in [6, 6.07) is 15.9. The number of nitrogens with zero attached hydrogens (tertiary/aromatic N) is 6. The average molecular weight is 695 g/mol. The third kappa shape index (κ3) is 8.84. The number of hydrogen-bond acceptors (Lipinski definition) is 10. The van der Waals surface area contributed by atoms with E-state index < -0.39 is 0 Å². The van der Waals surface area contributed by atoms with Crippen molar-refractivity contribution in [2.45, 2.75) is 39.3 Å².